The van der Waals surface area contributed by atoms with Crippen LogP contribution in [0.5, 0.6) is 0 Å². The van der Waals surface area contributed by atoms with Crippen molar-refractivity contribution >= 4 is 43.5 Å². The van der Waals surface area contributed by atoms with Gasteiger partial charge in [-0.2, -0.15) is 0 Å². The van der Waals surface area contributed by atoms with Crippen LogP contribution < -0.4 is 9.62 Å². The predicted molar refractivity (Wildman–Crippen MR) is 179 cm³/mol. The summed E-state index contributed by atoms with van der Waals surface area (Å²) in [7, 11) is -4.12. The van der Waals surface area contributed by atoms with E-state index in [9.17, 15) is 18.0 Å². The highest BCUT2D eigenvalue weighted by atomic mass is 79.9. The highest BCUT2D eigenvalue weighted by Crippen LogP contribution is 2.26. The maximum Gasteiger partial charge on any atom is 0.264 e. The van der Waals surface area contributed by atoms with E-state index in [4.69, 9.17) is 0 Å². The summed E-state index contributed by atoms with van der Waals surface area (Å²) >= 11 is 3.46. The number of aryl methyl sites for hydroxylation is 1. The van der Waals surface area contributed by atoms with Crippen LogP contribution in [0.3, 0.4) is 0 Å². The van der Waals surface area contributed by atoms with Crippen LogP contribution in [0.25, 0.3) is 0 Å². The first-order valence-electron chi connectivity index (χ1n) is 14.7. The molecule has 0 aliphatic rings. The van der Waals surface area contributed by atoms with Gasteiger partial charge >= 0.3 is 0 Å². The fraction of sp³-hybridized carbons (Fsp3) is 0.257. The largest absolute Gasteiger partial charge is 0.354 e. The number of carbonyl (C=O) groups excluding carboxylic acids is 2. The normalized spacial score (nSPS) is 11.9. The van der Waals surface area contributed by atoms with Crippen LogP contribution in [0, 0.1) is 0 Å². The van der Waals surface area contributed by atoms with Gasteiger partial charge in [-0.25, -0.2) is 8.42 Å². The van der Waals surface area contributed by atoms with E-state index in [0.29, 0.717) is 12.2 Å². The van der Waals surface area contributed by atoms with Gasteiger partial charge in [-0.05, 0) is 65.9 Å². The van der Waals surface area contributed by atoms with Gasteiger partial charge in [-0.3, -0.25) is 13.9 Å². The van der Waals surface area contributed by atoms with Crippen molar-refractivity contribution in [2.24, 2.45) is 0 Å². The van der Waals surface area contributed by atoms with Gasteiger partial charge in [0.25, 0.3) is 10.0 Å². The average molecular weight is 677 g/mol. The number of carbonyl (C=O) groups is 2. The lowest BCUT2D eigenvalue weighted by Gasteiger charge is -2.34. The molecule has 2 amide bonds. The van der Waals surface area contributed by atoms with Gasteiger partial charge in [-0.1, -0.05) is 103 Å². The van der Waals surface area contributed by atoms with Crippen LogP contribution >= 0.6 is 15.9 Å². The third-order valence-corrected chi connectivity index (χ3v) is 9.65. The molecular weight excluding hydrogens is 638 g/mol. The van der Waals surface area contributed by atoms with Gasteiger partial charge in [0.2, 0.25) is 11.8 Å². The molecule has 0 aliphatic carbocycles. The van der Waals surface area contributed by atoms with Gasteiger partial charge in [-0.15, -0.1) is 0 Å². The lowest BCUT2D eigenvalue weighted by molar-refractivity contribution is -0.140. The number of anilines is 1. The third-order valence-electron chi connectivity index (χ3n) is 7.33. The SMILES string of the molecule is CCCNC(=O)[C@H](Cc1ccccc1)N(Cc1ccc(Br)cc1)C(=O)CN(c1ccc(CC)cc1)S(=O)(=O)c1ccccc1. The van der Waals surface area contributed by atoms with Crippen LogP contribution in [-0.4, -0.2) is 44.3 Å². The van der Waals surface area contributed by atoms with E-state index in [1.807, 2.05) is 80.6 Å². The van der Waals surface area contributed by atoms with Crippen molar-refractivity contribution in [1.29, 1.82) is 0 Å². The first-order chi connectivity index (χ1) is 21.2. The molecule has 0 radical (unpaired) electrons. The summed E-state index contributed by atoms with van der Waals surface area (Å²) in [5.74, 6) is -0.773. The molecule has 7 nitrogen and oxygen atoms in total. The zero-order valence-electron chi connectivity index (χ0n) is 25.0. The Morgan fingerprint density at radius 3 is 1.95 bits per heavy atom. The summed E-state index contributed by atoms with van der Waals surface area (Å²) in [6, 6.07) is 31.4. The Morgan fingerprint density at radius 1 is 0.773 bits per heavy atom. The lowest BCUT2D eigenvalue weighted by Crippen LogP contribution is -2.53. The summed E-state index contributed by atoms with van der Waals surface area (Å²) in [6.07, 6.45) is 1.80. The smallest absolute Gasteiger partial charge is 0.264 e. The molecule has 4 rings (SSSR count). The average Bonchev–Trinajstić information content (AvgIpc) is 3.05. The molecule has 1 atom stereocenters. The Bertz CT molecular complexity index is 1610. The maximum atomic E-state index is 14.4. The fourth-order valence-corrected chi connectivity index (χ4v) is 6.55. The minimum absolute atomic E-state index is 0.0772. The van der Waals surface area contributed by atoms with E-state index in [1.165, 1.54) is 17.0 Å². The third kappa shape index (κ3) is 8.57. The number of rotatable bonds is 14. The van der Waals surface area contributed by atoms with Crippen LogP contribution in [-0.2, 0) is 39.0 Å². The van der Waals surface area contributed by atoms with E-state index in [-0.39, 0.29) is 23.8 Å². The van der Waals surface area contributed by atoms with Crippen LogP contribution in [0.4, 0.5) is 5.69 Å². The van der Waals surface area contributed by atoms with E-state index in [1.54, 1.807) is 30.3 Å². The van der Waals surface area contributed by atoms with Crippen molar-refractivity contribution in [2.45, 2.75) is 50.6 Å². The zero-order valence-corrected chi connectivity index (χ0v) is 27.4. The number of hydrogen-bond acceptors (Lipinski definition) is 4. The van der Waals surface area contributed by atoms with Crippen molar-refractivity contribution in [3.8, 4) is 0 Å². The Hall–Kier alpha value is -3.95. The number of sulfonamides is 1. The Labute approximate surface area is 269 Å². The molecular formula is C35H38BrN3O4S. The van der Waals surface area contributed by atoms with E-state index in [2.05, 4.69) is 21.2 Å². The number of nitrogens with one attached hydrogen (secondary N) is 1. The zero-order chi connectivity index (χ0) is 31.5. The van der Waals surface area contributed by atoms with Crippen molar-refractivity contribution in [1.82, 2.24) is 10.2 Å². The molecule has 4 aromatic rings. The lowest BCUT2D eigenvalue weighted by atomic mass is 10.0. The predicted octanol–water partition coefficient (Wildman–Crippen LogP) is 6.37. The molecule has 0 saturated heterocycles. The Balaban J connectivity index is 1.78. The van der Waals surface area contributed by atoms with Gasteiger partial charge in [0.15, 0.2) is 0 Å². The monoisotopic (exact) mass is 675 g/mol. The number of benzene rings is 4. The van der Waals surface area contributed by atoms with Gasteiger partial charge in [0.1, 0.15) is 12.6 Å². The second-order valence-corrected chi connectivity index (χ2v) is 13.3. The molecule has 0 aromatic heterocycles. The summed E-state index contributed by atoms with van der Waals surface area (Å²) in [6.45, 7) is 4.09. The minimum Gasteiger partial charge on any atom is -0.354 e. The molecule has 0 spiro atoms. The molecule has 0 bridgehead atoms. The van der Waals surface area contributed by atoms with E-state index < -0.39 is 28.5 Å². The molecule has 44 heavy (non-hydrogen) atoms. The van der Waals surface area contributed by atoms with Gasteiger partial charge in [0, 0.05) is 24.0 Å². The molecule has 0 saturated carbocycles. The molecule has 9 heteroatoms. The van der Waals surface area contributed by atoms with Crippen molar-refractivity contribution in [2.75, 3.05) is 17.4 Å². The number of nitrogens with zero attached hydrogens (tertiary/aromatic N) is 2. The van der Waals surface area contributed by atoms with Crippen molar-refractivity contribution < 1.29 is 18.0 Å². The topological polar surface area (TPSA) is 86.8 Å². The van der Waals surface area contributed by atoms with Crippen molar-refractivity contribution in [3.63, 3.8) is 0 Å². The highest BCUT2D eigenvalue weighted by molar-refractivity contribution is 9.10. The number of halogens is 1. The molecule has 4 aromatic carbocycles. The molecule has 0 unspecified atom stereocenters. The van der Waals surface area contributed by atoms with E-state index in [0.717, 1.165) is 38.3 Å². The number of amides is 2. The first kappa shape index (κ1) is 33.0. The van der Waals surface area contributed by atoms with E-state index >= 15 is 0 Å². The molecule has 0 fully saturated rings. The van der Waals surface area contributed by atoms with Gasteiger partial charge < -0.3 is 10.2 Å². The highest BCUT2D eigenvalue weighted by Gasteiger charge is 2.34. The van der Waals surface area contributed by atoms with Crippen LogP contribution in [0.15, 0.2) is 119 Å². The fourth-order valence-electron chi connectivity index (χ4n) is 4.85. The van der Waals surface area contributed by atoms with Gasteiger partial charge in [0.05, 0.1) is 10.6 Å². The van der Waals surface area contributed by atoms with Crippen LogP contribution in [0.2, 0.25) is 0 Å². The molecule has 230 valence electrons. The Morgan fingerprint density at radius 2 is 1.36 bits per heavy atom. The second kappa shape index (κ2) is 15.7. The summed E-state index contributed by atoms with van der Waals surface area (Å²) < 4.78 is 30.1. The Kier molecular flexibility index (Phi) is 11.7. The summed E-state index contributed by atoms with van der Waals surface area (Å²) in [5, 5.41) is 2.96. The first-order valence-corrected chi connectivity index (χ1v) is 17.0. The molecule has 1 N–H and O–H groups in total. The standard InChI is InChI=1S/C35H38BrN3O4S/c1-3-23-37-35(41)33(24-28-11-7-5-8-12-28)38(25-29-15-19-30(36)20-16-29)34(40)26-39(31-21-17-27(4-2)18-22-31)44(42,43)32-13-9-6-10-14-32/h5-22,33H,3-4,23-26H2,1-2H3,(H,37,41)/t33-/m0/s1. The number of hydrogen-bond donors (Lipinski definition) is 1. The quantitative estimate of drug-likeness (QED) is 0.168. The second-order valence-electron chi connectivity index (χ2n) is 10.5. The summed E-state index contributed by atoms with van der Waals surface area (Å²) in [5.41, 5.74) is 3.12. The van der Waals surface area contributed by atoms with Crippen molar-refractivity contribution in [3.05, 3.63) is 130 Å². The summed E-state index contributed by atoms with van der Waals surface area (Å²) in [4.78, 5) is 29.7. The van der Waals surface area contributed by atoms with Crippen LogP contribution in [0.1, 0.15) is 37.0 Å². The molecule has 0 heterocycles. The minimum atomic E-state index is -4.12. The molecule has 0 aliphatic heterocycles. The maximum absolute atomic E-state index is 14.4.